The maximum Gasteiger partial charge on any atom is 0.490 e. The van der Waals surface area contributed by atoms with Gasteiger partial charge in [-0.3, -0.25) is 4.90 Å². The van der Waals surface area contributed by atoms with E-state index in [0.29, 0.717) is 6.61 Å². The summed E-state index contributed by atoms with van der Waals surface area (Å²) in [5.41, 5.74) is 5.23. The van der Waals surface area contributed by atoms with Crippen LogP contribution in [0.4, 0.5) is 13.2 Å². The summed E-state index contributed by atoms with van der Waals surface area (Å²) in [4.78, 5) is 11.4. The summed E-state index contributed by atoms with van der Waals surface area (Å²) < 4.78 is 43.0. The fourth-order valence-corrected chi connectivity index (χ4v) is 4.74. The average molecular weight is 470 g/mol. The SMILES string of the molecule is Cc1noc(C)c1CN1CCC2(CC1)CC(OCCO)c1ccccc12.O=C(O)C(F)(F)F. The number of aliphatic carboxylic acids is 1. The molecule has 1 aromatic heterocycles. The summed E-state index contributed by atoms with van der Waals surface area (Å²) in [5.74, 6) is -1.82. The molecule has 7 nitrogen and oxygen atoms in total. The maximum atomic E-state index is 10.6. The quantitative estimate of drug-likeness (QED) is 0.684. The molecule has 1 atom stereocenters. The second-order valence-electron chi connectivity index (χ2n) is 8.54. The van der Waals surface area contributed by atoms with Crippen LogP contribution in [0, 0.1) is 13.8 Å². The van der Waals surface area contributed by atoms with Crippen LogP contribution in [0.25, 0.3) is 0 Å². The fraction of sp³-hybridized carbons (Fsp3) is 0.565. The number of piperidine rings is 1. The minimum absolute atomic E-state index is 0.0802. The number of hydrogen-bond donors (Lipinski definition) is 2. The van der Waals surface area contributed by atoms with Crippen molar-refractivity contribution < 1.29 is 37.4 Å². The van der Waals surface area contributed by atoms with E-state index >= 15 is 0 Å². The highest BCUT2D eigenvalue weighted by atomic mass is 19.4. The lowest BCUT2D eigenvalue weighted by molar-refractivity contribution is -0.192. The number of fused-ring (bicyclic) bond motifs is 2. The predicted octanol–water partition coefficient (Wildman–Crippen LogP) is 3.91. The van der Waals surface area contributed by atoms with E-state index in [1.807, 2.05) is 13.8 Å². The number of hydrogen-bond acceptors (Lipinski definition) is 6. The lowest BCUT2D eigenvalue weighted by Gasteiger charge is -2.40. The van der Waals surface area contributed by atoms with Gasteiger partial charge in [0.1, 0.15) is 5.76 Å². The van der Waals surface area contributed by atoms with E-state index in [1.54, 1.807) is 0 Å². The number of aromatic nitrogens is 1. The molecule has 0 bridgehead atoms. The van der Waals surface area contributed by atoms with Crippen molar-refractivity contribution in [3.63, 3.8) is 0 Å². The zero-order chi connectivity index (χ0) is 24.2. The molecule has 33 heavy (non-hydrogen) atoms. The number of rotatable bonds is 5. The van der Waals surface area contributed by atoms with Gasteiger partial charge in [-0.2, -0.15) is 13.2 Å². The molecular weight excluding hydrogens is 441 g/mol. The number of carbonyl (C=O) groups is 1. The number of aliphatic hydroxyl groups excluding tert-OH is 1. The third-order valence-corrected chi connectivity index (χ3v) is 6.48. The van der Waals surface area contributed by atoms with Crippen molar-refractivity contribution >= 4 is 5.97 Å². The third-order valence-electron chi connectivity index (χ3n) is 6.48. The number of aliphatic hydroxyl groups is 1. The second kappa shape index (κ2) is 10.2. The molecule has 1 unspecified atom stereocenters. The van der Waals surface area contributed by atoms with Crippen molar-refractivity contribution in [3.8, 4) is 0 Å². The number of alkyl halides is 3. The Morgan fingerprint density at radius 3 is 2.45 bits per heavy atom. The molecule has 1 aliphatic heterocycles. The molecule has 1 saturated heterocycles. The number of nitrogens with zero attached hydrogens (tertiary/aromatic N) is 2. The van der Waals surface area contributed by atoms with Gasteiger partial charge >= 0.3 is 12.1 Å². The van der Waals surface area contributed by atoms with Gasteiger partial charge in [0, 0.05) is 17.5 Å². The first-order chi connectivity index (χ1) is 15.6. The molecular formula is C23H29F3N2O5. The molecule has 2 N–H and O–H groups in total. The molecule has 1 spiro atoms. The average Bonchev–Trinajstić information content (AvgIpc) is 3.25. The van der Waals surface area contributed by atoms with Crippen molar-refractivity contribution in [2.45, 2.75) is 57.3 Å². The molecule has 0 amide bonds. The lowest BCUT2D eigenvalue weighted by Crippen LogP contribution is -2.41. The summed E-state index contributed by atoms with van der Waals surface area (Å²) >= 11 is 0. The summed E-state index contributed by atoms with van der Waals surface area (Å²) in [6, 6.07) is 8.72. The van der Waals surface area contributed by atoms with Gasteiger partial charge in [-0.1, -0.05) is 29.4 Å². The summed E-state index contributed by atoms with van der Waals surface area (Å²) in [5, 5.41) is 20.3. The molecule has 2 aliphatic rings. The summed E-state index contributed by atoms with van der Waals surface area (Å²) in [6.45, 7) is 7.58. The zero-order valence-corrected chi connectivity index (χ0v) is 18.7. The van der Waals surface area contributed by atoms with Gasteiger partial charge in [-0.15, -0.1) is 0 Å². The second-order valence-corrected chi connectivity index (χ2v) is 8.54. The fourth-order valence-electron chi connectivity index (χ4n) is 4.74. The largest absolute Gasteiger partial charge is 0.490 e. The topological polar surface area (TPSA) is 96.0 Å². The Bertz CT molecular complexity index is 932. The Balaban J connectivity index is 0.000000383. The molecule has 1 aromatic carbocycles. The molecule has 2 aromatic rings. The molecule has 0 radical (unpaired) electrons. The molecule has 4 rings (SSSR count). The Labute approximate surface area is 190 Å². The minimum atomic E-state index is -5.08. The van der Waals surface area contributed by atoms with Crippen LogP contribution in [-0.2, 0) is 21.5 Å². The van der Waals surface area contributed by atoms with Gasteiger partial charge in [0.15, 0.2) is 0 Å². The van der Waals surface area contributed by atoms with Gasteiger partial charge in [-0.25, -0.2) is 4.79 Å². The van der Waals surface area contributed by atoms with E-state index in [4.69, 9.17) is 24.3 Å². The van der Waals surface area contributed by atoms with Gasteiger partial charge in [0.2, 0.25) is 0 Å². The predicted molar refractivity (Wildman–Crippen MR) is 113 cm³/mol. The number of benzene rings is 1. The van der Waals surface area contributed by atoms with Crippen molar-refractivity contribution in [1.29, 1.82) is 0 Å². The number of carboxylic acids is 1. The van der Waals surface area contributed by atoms with Crippen LogP contribution in [0.2, 0.25) is 0 Å². The van der Waals surface area contributed by atoms with Crippen LogP contribution >= 0.6 is 0 Å². The van der Waals surface area contributed by atoms with E-state index in [0.717, 1.165) is 50.4 Å². The van der Waals surface area contributed by atoms with Crippen LogP contribution in [0.3, 0.4) is 0 Å². The number of halogens is 3. The van der Waals surface area contributed by atoms with Gasteiger partial charge < -0.3 is 19.5 Å². The molecule has 0 saturated carbocycles. The highest BCUT2D eigenvalue weighted by molar-refractivity contribution is 5.73. The number of carboxylic acid groups (broad SMARTS) is 1. The summed E-state index contributed by atoms with van der Waals surface area (Å²) in [7, 11) is 0. The Hall–Kier alpha value is -2.43. The van der Waals surface area contributed by atoms with Crippen LogP contribution in [0.15, 0.2) is 28.8 Å². The number of likely N-dealkylation sites (tertiary alicyclic amines) is 1. The molecule has 1 fully saturated rings. The standard InChI is InChI=1S/C21H28N2O3.C2HF3O2/c1-15-18(16(2)26-22-15)14-23-9-7-21(8-10-23)13-20(25-12-11-24)17-5-3-4-6-19(17)21;3-2(4,5)1(6)7/h3-6,20,24H,7-14H2,1-2H3;(H,6,7). The van der Waals surface area contributed by atoms with Crippen molar-refractivity contribution in [3.05, 3.63) is 52.4 Å². The monoisotopic (exact) mass is 470 g/mol. The van der Waals surface area contributed by atoms with Crippen LogP contribution in [0.5, 0.6) is 0 Å². The van der Waals surface area contributed by atoms with Crippen molar-refractivity contribution in [1.82, 2.24) is 10.1 Å². The Morgan fingerprint density at radius 1 is 1.27 bits per heavy atom. The zero-order valence-electron chi connectivity index (χ0n) is 18.7. The number of aryl methyl sites for hydroxylation is 2. The third kappa shape index (κ3) is 5.74. The first-order valence-electron chi connectivity index (χ1n) is 10.8. The molecule has 1 aliphatic carbocycles. The van der Waals surface area contributed by atoms with E-state index in [-0.39, 0.29) is 18.1 Å². The highest BCUT2D eigenvalue weighted by Gasteiger charge is 2.45. The van der Waals surface area contributed by atoms with Gasteiger partial charge in [0.05, 0.1) is 25.0 Å². The smallest absolute Gasteiger partial charge is 0.475 e. The molecule has 10 heteroatoms. The van der Waals surface area contributed by atoms with Crippen LogP contribution in [-0.4, -0.2) is 58.7 Å². The first-order valence-corrected chi connectivity index (χ1v) is 10.8. The van der Waals surface area contributed by atoms with E-state index in [9.17, 15) is 13.2 Å². The highest BCUT2D eigenvalue weighted by Crippen LogP contribution is 2.52. The van der Waals surface area contributed by atoms with Crippen LogP contribution < -0.4 is 0 Å². The molecule has 2 heterocycles. The van der Waals surface area contributed by atoms with Gasteiger partial charge in [-0.05, 0) is 57.3 Å². The van der Waals surface area contributed by atoms with Gasteiger partial charge in [0.25, 0.3) is 0 Å². The van der Waals surface area contributed by atoms with E-state index in [1.165, 1.54) is 16.7 Å². The maximum absolute atomic E-state index is 10.6. The van der Waals surface area contributed by atoms with Crippen molar-refractivity contribution in [2.75, 3.05) is 26.3 Å². The van der Waals surface area contributed by atoms with Crippen LogP contribution in [0.1, 0.15) is 53.5 Å². The lowest BCUT2D eigenvalue weighted by atomic mass is 9.73. The first kappa shape index (κ1) is 25.2. The normalized spacial score (nSPS) is 19.8. The number of ether oxygens (including phenoxy) is 1. The Kier molecular flexibility index (Phi) is 7.81. The molecule has 182 valence electrons. The van der Waals surface area contributed by atoms with Crippen molar-refractivity contribution in [2.24, 2.45) is 0 Å². The Morgan fingerprint density at radius 2 is 1.91 bits per heavy atom. The van der Waals surface area contributed by atoms with E-state index in [2.05, 4.69) is 34.3 Å². The minimum Gasteiger partial charge on any atom is -0.475 e. The van der Waals surface area contributed by atoms with E-state index < -0.39 is 12.1 Å². The summed E-state index contributed by atoms with van der Waals surface area (Å²) in [6.07, 6.45) is -1.64.